The Bertz CT molecular complexity index is 284. The molecule has 0 bridgehead atoms. The molecule has 0 aromatic rings. The summed E-state index contributed by atoms with van der Waals surface area (Å²) in [4.78, 5) is 11.0. The van der Waals surface area contributed by atoms with Crippen molar-refractivity contribution in [3.8, 4) is 0 Å². The number of carbonyl (C=O) groups excluding carboxylic acids is 1. The minimum Gasteiger partial charge on any atom is -0.460 e. The van der Waals surface area contributed by atoms with Crippen LogP contribution in [0.1, 0.15) is 45.4 Å². The summed E-state index contributed by atoms with van der Waals surface area (Å²) in [5, 5.41) is 0. The zero-order chi connectivity index (χ0) is 16.1. The van der Waals surface area contributed by atoms with Crippen LogP contribution in [0.15, 0.2) is 12.7 Å². The highest BCUT2D eigenvalue weighted by atomic mass is 28.4. The summed E-state index contributed by atoms with van der Waals surface area (Å²) in [6, 6.07) is 0.851. The predicted octanol–water partition coefficient (Wildman–Crippen LogP) is 3.32. The van der Waals surface area contributed by atoms with Crippen LogP contribution in [0.5, 0.6) is 0 Å². The van der Waals surface area contributed by atoms with E-state index < -0.39 is 8.80 Å². The Balaban J connectivity index is 3.60. The van der Waals surface area contributed by atoms with E-state index in [2.05, 4.69) is 6.58 Å². The number of rotatable bonds is 13. The summed E-state index contributed by atoms with van der Waals surface area (Å²) in [7, 11) is 2.54. The van der Waals surface area contributed by atoms with E-state index in [1.165, 1.54) is 6.08 Å². The summed E-state index contributed by atoms with van der Waals surface area (Å²) in [6.45, 7) is 5.30. The van der Waals surface area contributed by atoms with E-state index in [9.17, 15) is 4.79 Å². The average molecular weight is 318 g/mol. The van der Waals surface area contributed by atoms with Gasteiger partial charge in [0.05, 0.1) is 6.10 Å². The molecule has 0 spiro atoms. The number of ether oxygens (including phenoxy) is 1. The van der Waals surface area contributed by atoms with Gasteiger partial charge < -0.3 is 18.0 Å². The summed E-state index contributed by atoms with van der Waals surface area (Å²) in [5.41, 5.74) is 0. The largest absolute Gasteiger partial charge is 0.500 e. The van der Waals surface area contributed by atoms with E-state index in [0.29, 0.717) is 0 Å². The second-order valence-corrected chi connectivity index (χ2v) is 8.14. The lowest BCUT2D eigenvalue weighted by Gasteiger charge is -2.24. The number of hydrogen-bond acceptors (Lipinski definition) is 5. The normalized spacial score (nSPS) is 13.0. The highest BCUT2D eigenvalue weighted by molar-refractivity contribution is 6.60. The molecular formula is C15H30O5Si. The summed E-state index contributed by atoms with van der Waals surface area (Å²) in [5.74, 6) is -0.345. The van der Waals surface area contributed by atoms with Crippen LogP contribution < -0.4 is 0 Å². The van der Waals surface area contributed by atoms with Gasteiger partial charge in [0.2, 0.25) is 0 Å². The Morgan fingerprint density at radius 2 is 1.57 bits per heavy atom. The molecular weight excluding hydrogens is 288 g/mol. The van der Waals surface area contributed by atoms with Gasteiger partial charge in [0.1, 0.15) is 0 Å². The molecule has 0 amide bonds. The molecule has 0 N–H and O–H groups in total. The van der Waals surface area contributed by atoms with Crippen LogP contribution in [-0.2, 0) is 22.8 Å². The van der Waals surface area contributed by atoms with E-state index in [-0.39, 0.29) is 12.1 Å². The van der Waals surface area contributed by atoms with Crippen molar-refractivity contribution in [1.29, 1.82) is 0 Å². The Hall–Kier alpha value is -0.693. The molecule has 0 aliphatic carbocycles. The quantitative estimate of drug-likeness (QED) is 0.226. The standard InChI is InChI=1S/C15H30O5Si/c1-6-15(16)20-14(2)12-10-8-7-9-11-13-21(17-3,18-4)19-5/h6,14H,1,7-13H2,2-5H3. The van der Waals surface area contributed by atoms with Crippen LogP contribution in [0.2, 0.25) is 6.04 Å². The van der Waals surface area contributed by atoms with Crippen LogP contribution in [-0.4, -0.2) is 42.2 Å². The molecule has 0 radical (unpaired) electrons. The third kappa shape index (κ3) is 9.03. The molecule has 0 rings (SSSR count). The van der Waals surface area contributed by atoms with Crippen molar-refractivity contribution < 1.29 is 22.8 Å². The van der Waals surface area contributed by atoms with Crippen molar-refractivity contribution in [2.24, 2.45) is 0 Å². The van der Waals surface area contributed by atoms with Crippen molar-refractivity contribution in [3.63, 3.8) is 0 Å². The molecule has 1 unspecified atom stereocenters. The molecule has 1 atom stereocenters. The third-order valence-corrected chi connectivity index (χ3v) is 6.34. The number of hydrogen-bond donors (Lipinski definition) is 0. The third-order valence-electron chi connectivity index (χ3n) is 3.51. The lowest BCUT2D eigenvalue weighted by atomic mass is 10.1. The first-order valence-electron chi connectivity index (χ1n) is 7.52. The molecule has 0 saturated carbocycles. The smallest absolute Gasteiger partial charge is 0.460 e. The van der Waals surface area contributed by atoms with E-state index in [1.54, 1.807) is 21.3 Å². The van der Waals surface area contributed by atoms with Crippen molar-refractivity contribution in [1.82, 2.24) is 0 Å². The van der Waals surface area contributed by atoms with Crippen molar-refractivity contribution >= 4 is 14.8 Å². The van der Waals surface area contributed by atoms with Gasteiger partial charge in [-0.25, -0.2) is 4.79 Å². The Kier molecular flexibility index (Phi) is 11.5. The number of esters is 1. The number of carbonyl (C=O) groups is 1. The van der Waals surface area contributed by atoms with Gasteiger partial charge in [-0.1, -0.05) is 25.8 Å². The van der Waals surface area contributed by atoms with Gasteiger partial charge in [-0.3, -0.25) is 0 Å². The van der Waals surface area contributed by atoms with Crippen molar-refractivity contribution in [2.75, 3.05) is 21.3 Å². The monoisotopic (exact) mass is 318 g/mol. The topological polar surface area (TPSA) is 54.0 Å². The maximum absolute atomic E-state index is 11.0. The van der Waals surface area contributed by atoms with Gasteiger partial charge in [0.15, 0.2) is 0 Å². The van der Waals surface area contributed by atoms with Gasteiger partial charge in [-0.15, -0.1) is 0 Å². The fourth-order valence-corrected chi connectivity index (χ4v) is 3.96. The average Bonchev–Trinajstić information content (AvgIpc) is 2.50. The molecule has 0 aromatic heterocycles. The minimum atomic E-state index is -2.39. The first kappa shape index (κ1) is 20.3. The first-order chi connectivity index (χ1) is 10.0. The van der Waals surface area contributed by atoms with Gasteiger partial charge in [0.25, 0.3) is 0 Å². The van der Waals surface area contributed by atoms with Crippen molar-refractivity contribution in [2.45, 2.75) is 57.6 Å². The summed E-state index contributed by atoms with van der Waals surface area (Å²) >= 11 is 0. The molecule has 21 heavy (non-hydrogen) atoms. The summed E-state index contributed by atoms with van der Waals surface area (Å²) in [6.07, 6.45) is 7.59. The SMILES string of the molecule is C=CC(=O)OC(C)CCCCCCC[Si](OC)(OC)OC. The lowest BCUT2D eigenvalue weighted by Crippen LogP contribution is -2.42. The Morgan fingerprint density at radius 3 is 2.10 bits per heavy atom. The van der Waals surface area contributed by atoms with E-state index in [0.717, 1.165) is 44.6 Å². The molecule has 5 nitrogen and oxygen atoms in total. The zero-order valence-electron chi connectivity index (χ0n) is 13.9. The maximum atomic E-state index is 11.0. The zero-order valence-corrected chi connectivity index (χ0v) is 14.9. The molecule has 0 aliphatic rings. The highest BCUT2D eigenvalue weighted by Gasteiger charge is 2.36. The van der Waals surface area contributed by atoms with Crippen LogP contribution in [0.25, 0.3) is 0 Å². The molecule has 0 aromatic carbocycles. The first-order valence-corrected chi connectivity index (χ1v) is 9.45. The van der Waals surface area contributed by atoms with E-state index in [1.807, 2.05) is 6.92 Å². The van der Waals surface area contributed by atoms with E-state index in [4.69, 9.17) is 18.0 Å². The van der Waals surface area contributed by atoms with Gasteiger partial charge in [-0.2, -0.15) is 0 Å². The molecule has 0 saturated heterocycles. The second kappa shape index (κ2) is 11.9. The van der Waals surface area contributed by atoms with Crippen LogP contribution in [0, 0.1) is 0 Å². The Morgan fingerprint density at radius 1 is 1.05 bits per heavy atom. The van der Waals surface area contributed by atoms with Gasteiger partial charge in [0, 0.05) is 33.4 Å². The van der Waals surface area contributed by atoms with E-state index >= 15 is 0 Å². The second-order valence-electron chi connectivity index (χ2n) is 5.05. The minimum absolute atomic E-state index is 0.0361. The fraction of sp³-hybridized carbons (Fsp3) is 0.800. The highest BCUT2D eigenvalue weighted by Crippen LogP contribution is 2.18. The fourth-order valence-electron chi connectivity index (χ4n) is 2.17. The molecule has 0 heterocycles. The Labute approximate surface area is 130 Å². The van der Waals surface area contributed by atoms with Crippen LogP contribution in [0.4, 0.5) is 0 Å². The molecule has 0 fully saturated rings. The molecule has 0 aliphatic heterocycles. The van der Waals surface area contributed by atoms with Gasteiger partial charge >= 0.3 is 14.8 Å². The lowest BCUT2D eigenvalue weighted by molar-refractivity contribution is -0.142. The molecule has 6 heteroatoms. The van der Waals surface area contributed by atoms with Crippen molar-refractivity contribution in [3.05, 3.63) is 12.7 Å². The predicted molar refractivity (Wildman–Crippen MR) is 85.0 cm³/mol. The number of unbranched alkanes of at least 4 members (excludes halogenated alkanes) is 4. The van der Waals surface area contributed by atoms with Gasteiger partial charge in [-0.05, 0) is 26.2 Å². The van der Waals surface area contributed by atoms with Crippen LogP contribution >= 0.6 is 0 Å². The summed E-state index contributed by atoms with van der Waals surface area (Å²) < 4.78 is 21.3. The molecule has 124 valence electrons. The van der Waals surface area contributed by atoms with Crippen LogP contribution in [0.3, 0.4) is 0 Å². The maximum Gasteiger partial charge on any atom is 0.500 e.